The van der Waals surface area contributed by atoms with Gasteiger partial charge in [-0.15, -0.1) is 0 Å². The number of urea groups is 1. The van der Waals surface area contributed by atoms with E-state index in [-0.39, 0.29) is 6.03 Å². The van der Waals surface area contributed by atoms with E-state index < -0.39 is 6.09 Å². The Morgan fingerprint density at radius 1 is 1.38 bits per heavy atom. The number of hydrogen-bond donors (Lipinski definition) is 2. The van der Waals surface area contributed by atoms with Gasteiger partial charge in [0.25, 0.3) is 0 Å². The Balaban J connectivity index is 0. The predicted molar refractivity (Wildman–Crippen MR) is 89.3 cm³/mol. The summed E-state index contributed by atoms with van der Waals surface area (Å²) in [4.78, 5) is 26.3. The van der Waals surface area contributed by atoms with Gasteiger partial charge >= 0.3 is 12.1 Å². The summed E-state index contributed by atoms with van der Waals surface area (Å²) < 4.78 is 4.53. The minimum Gasteiger partial charge on any atom is -0.448 e. The van der Waals surface area contributed by atoms with E-state index in [1.807, 2.05) is 11.8 Å². The summed E-state index contributed by atoms with van der Waals surface area (Å²) in [6.45, 7) is 7.05. The van der Waals surface area contributed by atoms with Gasteiger partial charge in [0.15, 0.2) is 0 Å². The van der Waals surface area contributed by atoms with E-state index in [1.54, 1.807) is 33.0 Å². The molecular formula is C13H28N4O3S. The average Bonchev–Trinajstić information content (AvgIpc) is 2.44. The molecule has 0 rings (SSSR count). The predicted octanol–water partition coefficient (Wildman–Crippen LogP) is 1.79. The number of thioether (sulfide) groups is 1. The van der Waals surface area contributed by atoms with Crippen LogP contribution >= 0.6 is 11.8 Å². The molecule has 8 heteroatoms. The van der Waals surface area contributed by atoms with Crippen molar-refractivity contribution in [1.29, 1.82) is 0 Å². The summed E-state index contributed by atoms with van der Waals surface area (Å²) in [5.41, 5.74) is 0. The highest BCUT2D eigenvalue weighted by atomic mass is 32.2. The third-order valence-corrected chi connectivity index (χ3v) is 2.96. The molecule has 0 bridgehead atoms. The van der Waals surface area contributed by atoms with Crippen LogP contribution in [0.25, 0.3) is 0 Å². The number of nitrogens with one attached hydrogen (secondary N) is 2. The molecule has 2 N–H and O–H groups in total. The molecule has 0 spiro atoms. The molecule has 0 aromatic heterocycles. The number of aliphatic imine (C=N–C) groups is 1. The van der Waals surface area contributed by atoms with Gasteiger partial charge in [0.2, 0.25) is 0 Å². The zero-order chi connectivity index (χ0) is 16.7. The van der Waals surface area contributed by atoms with E-state index in [0.29, 0.717) is 11.9 Å². The second kappa shape index (κ2) is 15.0. The number of rotatable bonds is 6. The van der Waals surface area contributed by atoms with Crippen molar-refractivity contribution in [3.8, 4) is 0 Å². The molecule has 0 radical (unpaired) electrons. The minimum atomic E-state index is -0.545. The van der Waals surface area contributed by atoms with Gasteiger partial charge in [-0.05, 0) is 12.7 Å². The molecule has 3 amide bonds. The van der Waals surface area contributed by atoms with Crippen molar-refractivity contribution in [3.05, 3.63) is 0 Å². The Kier molecular flexibility index (Phi) is 15.6. The average molecular weight is 320 g/mol. The Morgan fingerprint density at radius 3 is 2.43 bits per heavy atom. The summed E-state index contributed by atoms with van der Waals surface area (Å²) in [7, 11) is 5.18. The van der Waals surface area contributed by atoms with Gasteiger partial charge in [0, 0.05) is 32.9 Å². The molecule has 1 atom stereocenters. The van der Waals surface area contributed by atoms with E-state index in [4.69, 9.17) is 0 Å². The quantitative estimate of drug-likeness (QED) is 0.576. The Hall–Kier alpha value is -1.44. The SMILES string of the molecule is CCOC(=O)N=CN(C)C.CCSC(C)CNC(=O)NC. The van der Waals surface area contributed by atoms with Gasteiger partial charge in [0.05, 0.1) is 12.9 Å². The highest BCUT2D eigenvalue weighted by Gasteiger charge is 2.01. The van der Waals surface area contributed by atoms with Gasteiger partial charge < -0.3 is 20.3 Å². The standard InChI is InChI=1S/C7H16N2OS.C6H12N2O2/c1-4-11-6(2)5-9-7(10)8-3;1-4-10-6(9)7-5-8(2)3/h6H,4-5H2,1-3H3,(H2,8,9,10);5H,4H2,1-3H3. The third kappa shape index (κ3) is 18.6. The molecule has 21 heavy (non-hydrogen) atoms. The topological polar surface area (TPSA) is 83.0 Å². The van der Waals surface area contributed by atoms with Crippen molar-refractivity contribution >= 4 is 30.2 Å². The second-order valence-electron chi connectivity index (χ2n) is 4.13. The summed E-state index contributed by atoms with van der Waals surface area (Å²) in [5, 5.41) is 5.75. The first-order valence-electron chi connectivity index (χ1n) is 6.81. The molecule has 1 unspecified atom stereocenters. The maximum Gasteiger partial charge on any atom is 0.434 e. The van der Waals surface area contributed by atoms with Crippen molar-refractivity contribution in [2.24, 2.45) is 4.99 Å². The van der Waals surface area contributed by atoms with Crippen molar-refractivity contribution in [2.45, 2.75) is 26.0 Å². The van der Waals surface area contributed by atoms with Crippen molar-refractivity contribution in [1.82, 2.24) is 15.5 Å². The summed E-state index contributed by atoms with van der Waals surface area (Å²) >= 11 is 1.84. The molecular weight excluding hydrogens is 292 g/mol. The third-order valence-electron chi connectivity index (χ3n) is 1.89. The van der Waals surface area contributed by atoms with Crippen LogP contribution in [0.15, 0.2) is 4.99 Å². The molecule has 124 valence electrons. The Bertz CT molecular complexity index is 312. The Labute approximate surface area is 131 Å². The highest BCUT2D eigenvalue weighted by molar-refractivity contribution is 7.99. The molecule has 0 aromatic carbocycles. The largest absolute Gasteiger partial charge is 0.448 e. The van der Waals surface area contributed by atoms with Crippen LogP contribution in [0, 0.1) is 0 Å². The maximum atomic E-state index is 10.7. The van der Waals surface area contributed by atoms with Crippen LogP contribution < -0.4 is 10.6 Å². The number of carbonyl (C=O) groups is 2. The second-order valence-corrected chi connectivity index (χ2v) is 5.85. The molecule has 0 saturated carbocycles. The minimum absolute atomic E-state index is 0.103. The first-order valence-corrected chi connectivity index (χ1v) is 7.86. The molecule has 7 nitrogen and oxygen atoms in total. The van der Waals surface area contributed by atoms with Crippen LogP contribution in [0.2, 0.25) is 0 Å². The fraction of sp³-hybridized carbons (Fsp3) is 0.769. The van der Waals surface area contributed by atoms with E-state index in [9.17, 15) is 9.59 Å². The normalized spacial score (nSPS) is 11.1. The summed E-state index contributed by atoms with van der Waals surface area (Å²) in [6, 6.07) is -0.103. The number of nitrogens with zero attached hydrogens (tertiary/aromatic N) is 2. The first kappa shape index (κ1) is 21.9. The monoisotopic (exact) mass is 320 g/mol. The van der Waals surface area contributed by atoms with E-state index >= 15 is 0 Å². The number of ether oxygens (including phenoxy) is 1. The van der Waals surface area contributed by atoms with Crippen molar-refractivity contribution in [3.63, 3.8) is 0 Å². The molecule has 0 heterocycles. The van der Waals surface area contributed by atoms with Crippen molar-refractivity contribution in [2.75, 3.05) is 40.0 Å². The van der Waals surface area contributed by atoms with Crippen LogP contribution in [0.3, 0.4) is 0 Å². The Morgan fingerprint density at radius 2 is 2.00 bits per heavy atom. The van der Waals surface area contributed by atoms with E-state index in [0.717, 1.165) is 12.3 Å². The van der Waals surface area contributed by atoms with Crippen LogP contribution in [-0.2, 0) is 4.74 Å². The maximum absolute atomic E-state index is 10.7. The lowest BCUT2D eigenvalue weighted by molar-refractivity contribution is 0.163. The number of amides is 3. The fourth-order valence-corrected chi connectivity index (χ4v) is 1.76. The summed E-state index contributed by atoms with van der Waals surface area (Å²) in [5.74, 6) is 1.09. The zero-order valence-corrected chi connectivity index (χ0v) is 14.6. The molecule has 0 aliphatic rings. The van der Waals surface area contributed by atoms with Gasteiger partial charge in [-0.25, -0.2) is 9.59 Å². The van der Waals surface area contributed by atoms with E-state index in [1.165, 1.54) is 6.34 Å². The number of carbonyl (C=O) groups excluding carboxylic acids is 2. The van der Waals surface area contributed by atoms with Crippen LogP contribution in [-0.4, -0.2) is 68.7 Å². The van der Waals surface area contributed by atoms with Crippen LogP contribution in [0.1, 0.15) is 20.8 Å². The van der Waals surface area contributed by atoms with Gasteiger partial charge in [-0.2, -0.15) is 16.8 Å². The smallest absolute Gasteiger partial charge is 0.434 e. The van der Waals surface area contributed by atoms with Crippen LogP contribution in [0.4, 0.5) is 9.59 Å². The van der Waals surface area contributed by atoms with Crippen molar-refractivity contribution < 1.29 is 14.3 Å². The van der Waals surface area contributed by atoms with Gasteiger partial charge in [0.1, 0.15) is 0 Å². The highest BCUT2D eigenvalue weighted by Crippen LogP contribution is 2.07. The zero-order valence-electron chi connectivity index (χ0n) is 13.8. The molecule has 0 aliphatic heterocycles. The summed E-state index contributed by atoms with van der Waals surface area (Å²) in [6.07, 6.45) is 0.856. The molecule has 0 aliphatic carbocycles. The molecule has 0 fully saturated rings. The lowest BCUT2D eigenvalue weighted by atomic mass is 10.5. The molecule has 0 saturated heterocycles. The molecule has 0 aromatic rings. The van der Waals surface area contributed by atoms with Gasteiger partial charge in [-0.1, -0.05) is 13.8 Å². The van der Waals surface area contributed by atoms with E-state index in [2.05, 4.69) is 34.2 Å². The van der Waals surface area contributed by atoms with Gasteiger partial charge in [-0.3, -0.25) is 0 Å². The first-order chi connectivity index (χ1) is 9.87. The lowest BCUT2D eigenvalue weighted by Crippen LogP contribution is -2.36. The fourth-order valence-electron chi connectivity index (χ4n) is 0.992. The van der Waals surface area contributed by atoms with Crippen LogP contribution in [0.5, 0.6) is 0 Å². The lowest BCUT2D eigenvalue weighted by Gasteiger charge is -2.10. The number of hydrogen-bond acceptors (Lipinski definition) is 4.